The molecule has 0 aliphatic heterocycles. The Hall–Kier alpha value is -1.10. The Labute approximate surface area is 102 Å². The molecule has 5 heteroatoms. The number of amidine groups is 1. The van der Waals surface area contributed by atoms with Crippen LogP contribution in [-0.2, 0) is 0 Å². The second kappa shape index (κ2) is 6.48. The van der Waals surface area contributed by atoms with E-state index in [1.54, 1.807) is 12.1 Å². The van der Waals surface area contributed by atoms with E-state index in [9.17, 15) is 4.39 Å². The zero-order chi connectivity index (χ0) is 12.0. The van der Waals surface area contributed by atoms with Gasteiger partial charge in [-0.05, 0) is 31.0 Å². The maximum atomic E-state index is 13.3. The summed E-state index contributed by atoms with van der Waals surface area (Å²) in [5.41, 5.74) is 5.20. The van der Waals surface area contributed by atoms with Crippen molar-refractivity contribution < 1.29 is 9.13 Å². The van der Waals surface area contributed by atoms with Crippen LogP contribution < -0.4 is 10.5 Å². The van der Waals surface area contributed by atoms with Gasteiger partial charge in [0, 0.05) is 10.9 Å². The van der Waals surface area contributed by atoms with Gasteiger partial charge in [0.1, 0.15) is 0 Å². The van der Waals surface area contributed by atoms with Crippen molar-refractivity contribution in [2.75, 3.05) is 6.61 Å². The molecule has 1 rings (SSSR count). The van der Waals surface area contributed by atoms with Crippen LogP contribution in [0.1, 0.15) is 19.3 Å². The third kappa shape index (κ3) is 4.61. The molecule has 0 amide bonds. The fraction of sp³-hybridized carbons (Fsp3) is 0.364. The number of hydrogen-bond acceptors (Lipinski definition) is 2. The first-order valence-corrected chi connectivity index (χ1v) is 5.79. The van der Waals surface area contributed by atoms with Crippen LogP contribution in [0.3, 0.4) is 0 Å². The summed E-state index contributed by atoms with van der Waals surface area (Å²) in [6.45, 7) is 0.436. The number of rotatable bonds is 6. The van der Waals surface area contributed by atoms with E-state index in [1.165, 1.54) is 6.07 Å². The quantitative estimate of drug-likeness (QED) is 0.480. The predicted molar refractivity (Wildman–Crippen MR) is 65.4 cm³/mol. The van der Waals surface area contributed by atoms with Crippen molar-refractivity contribution in [3.8, 4) is 5.75 Å². The van der Waals surface area contributed by atoms with Crippen LogP contribution in [0.5, 0.6) is 5.75 Å². The SMILES string of the molecule is N=C(N)CCCCOc1ccc(Br)cc1F. The molecule has 0 spiro atoms. The highest BCUT2D eigenvalue weighted by atomic mass is 79.9. The summed E-state index contributed by atoms with van der Waals surface area (Å²) in [4.78, 5) is 0. The largest absolute Gasteiger partial charge is 0.491 e. The van der Waals surface area contributed by atoms with Crippen molar-refractivity contribution in [1.29, 1.82) is 5.41 Å². The van der Waals surface area contributed by atoms with Crippen molar-refractivity contribution in [3.05, 3.63) is 28.5 Å². The summed E-state index contributed by atoms with van der Waals surface area (Å²) >= 11 is 3.17. The maximum absolute atomic E-state index is 13.3. The average Bonchev–Trinajstić information content (AvgIpc) is 2.20. The molecule has 0 aliphatic rings. The van der Waals surface area contributed by atoms with Crippen molar-refractivity contribution in [3.63, 3.8) is 0 Å². The number of hydrogen-bond donors (Lipinski definition) is 2. The Morgan fingerprint density at radius 3 is 2.81 bits per heavy atom. The fourth-order valence-electron chi connectivity index (χ4n) is 1.19. The molecule has 0 atom stereocenters. The van der Waals surface area contributed by atoms with Crippen LogP contribution in [-0.4, -0.2) is 12.4 Å². The standard InChI is InChI=1S/C11H14BrFN2O/c12-8-4-5-10(9(13)7-8)16-6-2-1-3-11(14)15/h4-5,7H,1-3,6H2,(H3,14,15). The van der Waals surface area contributed by atoms with Gasteiger partial charge in [-0.1, -0.05) is 15.9 Å². The van der Waals surface area contributed by atoms with Crippen molar-refractivity contribution >= 4 is 21.8 Å². The van der Waals surface area contributed by atoms with E-state index in [4.69, 9.17) is 15.9 Å². The second-order valence-corrected chi connectivity index (χ2v) is 4.32. The van der Waals surface area contributed by atoms with Crippen LogP contribution in [0.25, 0.3) is 0 Å². The normalized spacial score (nSPS) is 10.1. The Kier molecular flexibility index (Phi) is 5.25. The Morgan fingerprint density at radius 2 is 2.19 bits per heavy atom. The zero-order valence-electron chi connectivity index (χ0n) is 8.80. The van der Waals surface area contributed by atoms with Gasteiger partial charge in [0.05, 0.1) is 12.4 Å². The smallest absolute Gasteiger partial charge is 0.166 e. The molecule has 0 heterocycles. The van der Waals surface area contributed by atoms with Gasteiger partial charge in [0.15, 0.2) is 11.6 Å². The molecule has 0 radical (unpaired) electrons. The predicted octanol–water partition coefficient (Wildman–Crippen LogP) is 3.07. The third-order valence-corrected chi connectivity index (χ3v) is 2.49. The van der Waals surface area contributed by atoms with Crippen LogP contribution >= 0.6 is 15.9 Å². The van der Waals surface area contributed by atoms with Gasteiger partial charge in [0.25, 0.3) is 0 Å². The van der Waals surface area contributed by atoms with Crippen molar-refractivity contribution in [2.45, 2.75) is 19.3 Å². The molecule has 0 bridgehead atoms. The van der Waals surface area contributed by atoms with Gasteiger partial charge in [-0.2, -0.15) is 0 Å². The molecule has 0 aliphatic carbocycles. The zero-order valence-corrected chi connectivity index (χ0v) is 10.4. The highest BCUT2D eigenvalue weighted by molar-refractivity contribution is 9.10. The molecule has 0 saturated heterocycles. The lowest BCUT2D eigenvalue weighted by Crippen LogP contribution is -2.09. The summed E-state index contributed by atoms with van der Waals surface area (Å²) in [7, 11) is 0. The van der Waals surface area contributed by atoms with E-state index in [0.29, 0.717) is 17.5 Å². The molecular formula is C11H14BrFN2O. The molecule has 88 valence electrons. The van der Waals surface area contributed by atoms with Crippen molar-refractivity contribution in [2.24, 2.45) is 5.73 Å². The van der Waals surface area contributed by atoms with Crippen LogP contribution in [0.4, 0.5) is 4.39 Å². The third-order valence-electron chi connectivity index (χ3n) is 1.99. The van der Waals surface area contributed by atoms with E-state index in [1.807, 2.05) is 0 Å². The van der Waals surface area contributed by atoms with Gasteiger partial charge >= 0.3 is 0 Å². The van der Waals surface area contributed by atoms with E-state index < -0.39 is 0 Å². The summed E-state index contributed by atoms with van der Waals surface area (Å²) in [5.74, 6) is 0.0572. The lowest BCUT2D eigenvalue weighted by atomic mass is 10.2. The monoisotopic (exact) mass is 288 g/mol. The van der Waals surface area contributed by atoms with Gasteiger partial charge < -0.3 is 10.5 Å². The molecule has 1 aromatic rings. The van der Waals surface area contributed by atoms with Crippen molar-refractivity contribution in [1.82, 2.24) is 0 Å². The van der Waals surface area contributed by atoms with E-state index >= 15 is 0 Å². The summed E-state index contributed by atoms with van der Waals surface area (Å²) in [6.07, 6.45) is 2.11. The molecule has 0 fully saturated rings. The van der Waals surface area contributed by atoms with Crippen LogP contribution in [0.2, 0.25) is 0 Å². The molecule has 3 N–H and O–H groups in total. The lowest BCUT2D eigenvalue weighted by molar-refractivity contribution is 0.293. The van der Waals surface area contributed by atoms with Gasteiger partial charge in [-0.25, -0.2) is 4.39 Å². The number of nitrogens with two attached hydrogens (primary N) is 1. The summed E-state index contributed by atoms with van der Waals surface area (Å²) in [6, 6.07) is 4.68. The maximum Gasteiger partial charge on any atom is 0.166 e. The highest BCUT2D eigenvalue weighted by Crippen LogP contribution is 2.21. The molecule has 3 nitrogen and oxygen atoms in total. The minimum Gasteiger partial charge on any atom is -0.491 e. The number of nitrogens with one attached hydrogen (secondary N) is 1. The minimum absolute atomic E-state index is 0.176. The summed E-state index contributed by atoms with van der Waals surface area (Å²) in [5, 5.41) is 7.02. The highest BCUT2D eigenvalue weighted by Gasteiger charge is 2.03. The Bertz CT molecular complexity index is 371. The summed E-state index contributed by atoms with van der Waals surface area (Å²) < 4.78 is 19.2. The fourth-order valence-corrected chi connectivity index (χ4v) is 1.53. The van der Waals surface area contributed by atoms with E-state index in [-0.39, 0.29) is 17.4 Å². The van der Waals surface area contributed by atoms with Gasteiger partial charge in [-0.15, -0.1) is 0 Å². The number of benzene rings is 1. The molecule has 0 aromatic heterocycles. The number of ether oxygens (including phenoxy) is 1. The molecular weight excluding hydrogens is 275 g/mol. The first-order chi connectivity index (χ1) is 7.59. The Balaban J connectivity index is 2.29. The first kappa shape index (κ1) is 13.0. The van der Waals surface area contributed by atoms with Crippen LogP contribution in [0, 0.1) is 11.2 Å². The van der Waals surface area contributed by atoms with Crippen LogP contribution in [0.15, 0.2) is 22.7 Å². The molecule has 1 aromatic carbocycles. The van der Waals surface area contributed by atoms with Gasteiger partial charge in [0.2, 0.25) is 0 Å². The average molecular weight is 289 g/mol. The molecule has 16 heavy (non-hydrogen) atoms. The second-order valence-electron chi connectivity index (χ2n) is 3.41. The van der Waals surface area contributed by atoms with E-state index in [0.717, 1.165) is 12.8 Å². The number of unbranched alkanes of at least 4 members (excludes halogenated alkanes) is 1. The minimum atomic E-state index is -0.374. The van der Waals surface area contributed by atoms with Gasteiger partial charge in [-0.3, -0.25) is 5.41 Å². The number of halogens is 2. The lowest BCUT2D eigenvalue weighted by Gasteiger charge is -2.07. The molecule has 0 unspecified atom stereocenters. The first-order valence-electron chi connectivity index (χ1n) is 5.00. The Morgan fingerprint density at radius 1 is 1.44 bits per heavy atom. The molecule has 0 saturated carbocycles. The van der Waals surface area contributed by atoms with E-state index in [2.05, 4.69) is 15.9 Å². The topological polar surface area (TPSA) is 59.1 Å².